The minimum Gasteiger partial charge on any atom is -0.907 e. The molecule has 0 atom stereocenters. The summed E-state index contributed by atoms with van der Waals surface area (Å²) in [5.41, 5.74) is 0. The van der Waals surface area contributed by atoms with E-state index in [9.17, 15) is 0 Å². The van der Waals surface area contributed by atoms with Gasteiger partial charge in [0.1, 0.15) is 0 Å². The average Bonchev–Trinajstić information content (AvgIpc) is 0.811. The van der Waals surface area contributed by atoms with Crippen molar-refractivity contribution in [2.24, 2.45) is 0 Å². The van der Waals surface area contributed by atoms with Crippen LogP contribution in [0.4, 0.5) is 0 Å². The van der Waals surface area contributed by atoms with E-state index in [-0.39, 0.29) is 84.5 Å². The fourth-order valence-corrected chi connectivity index (χ4v) is 0. The number of rotatable bonds is 0. The molecule has 0 aliphatic rings. The smallest absolute Gasteiger partial charge is 0.907 e. The van der Waals surface area contributed by atoms with Crippen molar-refractivity contribution in [2.45, 2.75) is 0 Å². The van der Waals surface area contributed by atoms with Gasteiger partial charge in [-0.05, 0) is 0 Å². The van der Waals surface area contributed by atoms with Crippen LogP contribution in [0.2, 0.25) is 0 Å². The number of hydrogen-bond donors (Lipinski definition) is 0. The van der Waals surface area contributed by atoms with E-state index in [1.165, 1.54) is 0 Å². The van der Waals surface area contributed by atoms with Gasteiger partial charge < -0.3 is 15.1 Å². The Morgan fingerprint density at radius 1 is 1.00 bits per heavy atom. The molecule has 0 fully saturated rings. The van der Waals surface area contributed by atoms with Crippen molar-refractivity contribution in [3.8, 4) is 0 Å². The molecule has 0 amide bonds. The van der Waals surface area contributed by atoms with Crippen LogP contribution in [-0.2, 0) is 19.5 Å². The summed E-state index contributed by atoms with van der Waals surface area (Å²) in [4.78, 5) is 0. The molecular formula is BCaO3PbZn+. The van der Waals surface area contributed by atoms with Crippen molar-refractivity contribution >= 4 is 72.4 Å². The molecule has 0 spiro atoms. The van der Waals surface area contributed by atoms with Crippen molar-refractivity contribution in [3.63, 3.8) is 0 Å². The average molecular weight is 371 g/mol. The van der Waals surface area contributed by atoms with Crippen LogP contribution in [-0.4, -0.2) is 72.4 Å². The second-order valence-corrected chi connectivity index (χ2v) is 0.289. The molecular weight excluding hydrogens is 371 g/mol. The van der Waals surface area contributed by atoms with Gasteiger partial charge in [0, 0.05) is 27.3 Å². The summed E-state index contributed by atoms with van der Waals surface area (Å²) in [5.74, 6) is 0. The molecule has 0 unspecified atom stereocenters. The van der Waals surface area contributed by atoms with E-state index in [2.05, 4.69) is 0 Å². The van der Waals surface area contributed by atoms with Gasteiger partial charge >= 0.3 is 57.2 Å². The predicted molar refractivity (Wildman–Crippen MR) is 17.3 cm³/mol. The SMILES string of the molecule is [Ca+2].[O-]B([O-])[O-].[Pb].[Zn+2]. The normalized spacial score (nSPS) is 3.86. The molecule has 0 aromatic heterocycles. The summed E-state index contributed by atoms with van der Waals surface area (Å²) in [7, 11) is -2.92. The van der Waals surface area contributed by atoms with Crippen molar-refractivity contribution in [3.05, 3.63) is 0 Å². The molecule has 0 N–H and O–H groups in total. The van der Waals surface area contributed by atoms with E-state index in [0.29, 0.717) is 0 Å². The first kappa shape index (κ1) is 22.6. The maximum atomic E-state index is 8.42. The van der Waals surface area contributed by atoms with Gasteiger partial charge in [0.2, 0.25) is 0 Å². The van der Waals surface area contributed by atoms with Gasteiger partial charge in [-0.3, -0.25) is 7.32 Å². The molecule has 3 nitrogen and oxygen atoms in total. The standard InChI is InChI=1S/BO3.Ca.Pb.Zn/c2-1(3)4;;;/q-3;+2;;+2. The topological polar surface area (TPSA) is 69.2 Å². The third kappa shape index (κ3) is 52.7. The summed E-state index contributed by atoms with van der Waals surface area (Å²) in [6.07, 6.45) is 0. The van der Waals surface area contributed by atoms with Gasteiger partial charge in [-0.2, -0.15) is 0 Å². The van der Waals surface area contributed by atoms with Gasteiger partial charge in [-0.15, -0.1) is 0 Å². The van der Waals surface area contributed by atoms with Crippen molar-refractivity contribution in [1.82, 2.24) is 0 Å². The molecule has 0 bridgehead atoms. The maximum absolute atomic E-state index is 8.42. The van der Waals surface area contributed by atoms with Gasteiger partial charge in [0.15, 0.2) is 0 Å². The van der Waals surface area contributed by atoms with E-state index in [1.54, 1.807) is 0 Å². The van der Waals surface area contributed by atoms with E-state index in [1.807, 2.05) is 0 Å². The van der Waals surface area contributed by atoms with Gasteiger partial charge in [-0.25, -0.2) is 0 Å². The largest absolute Gasteiger partial charge is 2.00 e. The first-order valence-corrected chi connectivity index (χ1v) is 0.707. The van der Waals surface area contributed by atoms with Crippen molar-refractivity contribution < 1.29 is 34.6 Å². The molecule has 0 aliphatic carbocycles. The molecule has 0 aromatic rings. The van der Waals surface area contributed by atoms with Crippen LogP contribution in [0.5, 0.6) is 0 Å². The van der Waals surface area contributed by atoms with Gasteiger partial charge in [0.05, 0.1) is 0 Å². The van der Waals surface area contributed by atoms with E-state index in [0.717, 1.165) is 0 Å². The van der Waals surface area contributed by atoms with Crippen molar-refractivity contribution in [1.29, 1.82) is 0 Å². The van der Waals surface area contributed by atoms with Crippen LogP contribution in [0.15, 0.2) is 0 Å². The Morgan fingerprint density at radius 3 is 1.00 bits per heavy atom. The summed E-state index contributed by atoms with van der Waals surface area (Å²) < 4.78 is 0. The van der Waals surface area contributed by atoms with E-state index in [4.69, 9.17) is 15.1 Å². The zero-order chi connectivity index (χ0) is 3.58. The molecule has 7 heteroatoms. The van der Waals surface area contributed by atoms with Gasteiger partial charge in [0.25, 0.3) is 0 Å². The fourth-order valence-electron chi connectivity index (χ4n) is 0. The number of hydrogen-bond acceptors (Lipinski definition) is 3. The summed E-state index contributed by atoms with van der Waals surface area (Å²) >= 11 is 0. The zero-order valence-electron chi connectivity index (χ0n) is 3.72. The first-order chi connectivity index (χ1) is 1.73. The third-order valence-corrected chi connectivity index (χ3v) is 0. The van der Waals surface area contributed by atoms with Crippen LogP contribution >= 0.6 is 0 Å². The molecule has 0 rings (SSSR count). The first-order valence-electron chi connectivity index (χ1n) is 0.707. The van der Waals surface area contributed by atoms with E-state index >= 15 is 0 Å². The molecule has 0 aromatic carbocycles. The Morgan fingerprint density at radius 2 is 1.00 bits per heavy atom. The molecule has 0 saturated carbocycles. The third-order valence-electron chi connectivity index (χ3n) is 0. The Bertz CT molecular complexity index is 19.7. The summed E-state index contributed by atoms with van der Waals surface area (Å²) in [6.45, 7) is 0. The van der Waals surface area contributed by atoms with Crippen LogP contribution in [0.1, 0.15) is 0 Å². The van der Waals surface area contributed by atoms with E-state index < -0.39 is 7.32 Å². The molecule has 4 radical (unpaired) electrons. The molecule has 28 valence electrons. The second kappa shape index (κ2) is 15.9. The fraction of sp³-hybridized carbons (Fsp3) is 0. The summed E-state index contributed by atoms with van der Waals surface area (Å²) in [5, 5.41) is 25.2. The predicted octanol–water partition coefficient (Wildman–Crippen LogP) is -4.71. The van der Waals surface area contributed by atoms with Crippen LogP contribution < -0.4 is 15.1 Å². The molecule has 0 heterocycles. The van der Waals surface area contributed by atoms with Crippen LogP contribution in [0.25, 0.3) is 0 Å². The maximum Gasteiger partial charge on any atom is 2.00 e. The van der Waals surface area contributed by atoms with Crippen LogP contribution in [0.3, 0.4) is 0 Å². The van der Waals surface area contributed by atoms with Crippen LogP contribution in [0, 0.1) is 0 Å². The van der Waals surface area contributed by atoms with Gasteiger partial charge in [-0.1, -0.05) is 0 Å². The Kier molecular flexibility index (Phi) is 51.3. The molecule has 7 heavy (non-hydrogen) atoms. The minimum absolute atomic E-state index is 0. The Labute approximate surface area is 105 Å². The second-order valence-electron chi connectivity index (χ2n) is 0.289. The van der Waals surface area contributed by atoms with Crippen molar-refractivity contribution in [2.75, 3.05) is 0 Å². The minimum atomic E-state index is -2.92. The molecule has 0 aliphatic heterocycles. The summed E-state index contributed by atoms with van der Waals surface area (Å²) in [6, 6.07) is 0. The quantitative estimate of drug-likeness (QED) is 0.402. The molecule has 0 saturated heterocycles. The Balaban J connectivity index is -0.0000000150. The monoisotopic (exact) mass is 371 g/mol. The zero-order valence-corrected chi connectivity index (χ0v) is 12.8. The Hall–Kier alpha value is 2.75.